The summed E-state index contributed by atoms with van der Waals surface area (Å²) >= 11 is 1.29. The molecule has 2 atom stereocenters. The van der Waals surface area contributed by atoms with Crippen molar-refractivity contribution in [2.45, 2.75) is 49.6 Å². The maximum Gasteiger partial charge on any atom is 0.326 e. The molecule has 0 spiro atoms. The molecule has 2 aromatic carbocycles. The minimum atomic E-state index is -3.91. The summed E-state index contributed by atoms with van der Waals surface area (Å²) in [4.78, 5) is 41.3. The van der Waals surface area contributed by atoms with E-state index in [4.69, 9.17) is 5.73 Å². The summed E-state index contributed by atoms with van der Waals surface area (Å²) in [5, 5.41) is 12.2. The molecule has 0 aromatic heterocycles. The maximum absolute atomic E-state index is 13.1. The van der Waals surface area contributed by atoms with Crippen LogP contribution in [0.2, 0.25) is 0 Å². The number of carbonyl (C=O) groups is 3. The summed E-state index contributed by atoms with van der Waals surface area (Å²) < 4.78 is 27.2. The topological polar surface area (TPSA) is 159 Å². The number of sulfonamides is 1. The fourth-order valence-electron chi connectivity index (χ4n) is 3.94. The third-order valence-corrected chi connectivity index (χ3v) is 8.99. The van der Waals surface area contributed by atoms with Gasteiger partial charge in [0.2, 0.25) is 15.9 Å². The van der Waals surface area contributed by atoms with E-state index in [1.165, 1.54) is 23.9 Å². The Kier molecular flexibility index (Phi) is 10.5. The van der Waals surface area contributed by atoms with Gasteiger partial charge < -0.3 is 16.2 Å². The number of ketones is 1. The Labute approximate surface area is 226 Å². The van der Waals surface area contributed by atoms with Crippen LogP contribution in [0.25, 0.3) is 0 Å². The molecule has 1 saturated heterocycles. The zero-order valence-corrected chi connectivity index (χ0v) is 22.7. The molecule has 0 aliphatic carbocycles. The Morgan fingerprint density at radius 1 is 1.13 bits per heavy atom. The van der Waals surface area contributed by atoms with Crippen molar-refractivity contribution in [3.63, 3.8) is 0 Å². The lowest BCUT2D eigenvalue weighted by molar-refractivity contribution is -0.142. The number of hydrogen-bond donors (Lipinski definition) is 3. The number of nitrogens with one attached hydrogen (secondary N) is 1. The van der Waals surface area contributed by atoms with Crippen LogP contribution < -0.4 is 11.1 Å². The second-order valence-corrected chi connectivity index (χ2v) is 11.9. The molecule has 1 aliphatic rings. The first-order valence-corrected chi connectivity index (χ1v) is 14.7. The highest BCUT2D eigenvalue weighted by Gasteiger charge is 2.41. The number of hydrogen-bond acceptors (Lipinski definition) is 7. The molecule has 12 heteroatoms. The van der Waals surface area contributed by atoms with Crippen molar-refractivity contribution in [1.82, 2.24) is 9.62 Å². The number of amidine groups is 1. The standard InChI is InChI=1S/C26H32N4O6S2/c1-18(27)28-13-5-6-21(31)14-19-9-11-20(12-10-19)15-23(26(33)34)29-25(32)24-16-37-17-30(24)38(35,36)22-7-3-2-4-8-22/h2-4,7-12,23-24H,5-6,13-17H2,1H3,(H2,27,28)(H,29,32)(H,33,34)/t23?,24-/m0/s1. The Morgan fingerprint density at radius 2 is 1.79 bits per heavy atom. The summed E-state index contributed by atoms with van der Waals surface area (Å²) in [6.07, 6.45) is 1.28. The van der Waals surface area contributed by atoms with Crippen molar-refractivity contribution in [3.8, 4) is 0 Å². The molecule has 3 rings (SSSR count). The Morgan fingerprint density at radius 3 is 2.42 bits per heavy atom. The number of carbonyl (C=O) groups excluding carboxylic acids is 2. The predicted octanol–water partition coefficient (Wildman–Crippen LogP) is 1.83. The van der Waals surface area contributed by atoms with Gasteiger partial charge in [0, 0.05) is 31.6 Å². The molecular formula is C26H32N4O6S2. The zero-order chi connectivity index (χ0) is 27.7. The average Bonchev–Trinajstić information content (AvgIpc) is 3.39. The smallest absolute Gasteiger partial charge is 0.326 e. The van der Waals surface area contributed by atoms with E-state index in [-0.39, 0.29) is 35.2 Å². The number of amides is 1. The van der Waals surface area contributed by atoms with Gasteiger partial charge in [0.25, 0.3) is 0 Å². The summed E-state index contributed by atoms with van der Waals surface area (Å²) in [7, 11) is -3.91. The SMILES string of the molecule is CC(N)=NCCCC(=O)Cc1ccc(CC(NC(=O)[C@@H]2CSCN2S(=O)(=O)c2ccccc2)C(=O)O)cc1. The second-order valence-electron chi connectivity index (χ2n) is 8.98. The van der Waals surface area contributed by atoms with Gasteiger partial charge in [-0.25, -0.2) is 13.2 Å². The molecule has 4 N–H and O–H groups in total. The molecular weight excluding hydrogens is 528 g/mol. The lowest BCUT2D eigenvalue weighted by atomic mass is 10.0. The van der Waals surface area contributed by atoms with Crippen molar-refractivity contribution in [1.29, 1.82) is 0 Å². The monoisotopic (exact) mass is 560 g/mol. The van der Waals surface area contributed by atoms with Crippen LogP contribution in [0.4, 0.5) is 0 Å². The molecule has 204 valence electrons. The van der Waals surface area contributed by atoms with Crippen LogP contribution >= 0.6 is 11.8 Å². The van der Waals surface area contributed by atoms with Crippen LogP contribution in [-0.2, 0) is 37.2 Å². The summed E-state index contributed by atoms with van der Waals surface area (Å²) in [6.45, 7) is 2.20. The van der Waals surface area contributed by atoms with E-state index in [1.807, 2.05) is 0 Å². The number of rotatable bonds is 13. The third kappa shape index (κ3) is 8.14. The molecule has 1 amide bonds. The van der Waals surface area contributed by atoms with Crippen LogP contribution in [0.3, 0.4) is 0 Å². The Bertz CT molecular complexity index is 1260. The van der Waals surface area contributed by atoms with E-state index in [0.29, 0.717) is 30.8 Å². The van der Waals surface area contributed by atoms with Crippen molar-refractivity contribution < 1.29 is 27.9 Å². The highest BCUT2D eigenvalue weighted by molar-refractivity contribution is 8.00. The van der Waals surface area contributed by atoms with E-state index < -0.39 is 34.0 Å². The number of nitrogens with two attached hydrogens (primary N) is 1. The predicted molar refractivity (Wildman–Crippen MR) is 146 cm³/mol. The van der Waals surface area contributed by atoms with Gasteiger partial charge in [-0.3, -0.25) is 14.6 Å². The second kappa shape index (κ2) is 13.5. The first-order valence-electron chi connectivity index (χ1n) is 12.1. The lowest BCUT2D eigenvalue weighted by Gasteiger charge is -2.24. The van der Waals surface area contributed by atoms with E-state index in [0.717, 1.165) is 9.87 Å². The van der Waals surface area contributed by atoms with Gasteiger partial charge in [0.1, 0.15) is 17.9 Å². The number of carboxylic acid groups (broad SMARTS) is 1. The summed E-state index contributed by atoms with van der Waals surface area (Å²) in [5.74, 6) is -0.990. The van der Waals surface area contributed by atoms with Gasteiger partial charge in [-0.2, -0.15) is 4.31 Å². The van der Waals surface area contributed by atoms with Gasteiger partial charge >= 0.3 is 5.97 Å². The first-order chi connectivity index (χ1) is 18.1. The molecule has 2 aromatic rings. The van der Waals surface area contributed by atoms with Gasteiger partial charge in [0.15, 0.2) is 0 Å². The number of benzene rings is 2. The molecule has 10 nitrogen and oxygen atoms in total. The van der Waals surface area contributed by atoms with Crippen LogP contribution in [0.5, 0.6) is 0 Å². The summed E-state index contributed by atoms with van der Waals surface area (Å²) in [5.41, 5.74) is 6.95. The highest BCUT2D eigenvalue weighted by Crippen LogP contribution is 2.28. The largest absolute Gasteiger partial charge is 0.480 e. The number of thioether (sulfide) groups is 1. The lowest BCUT2D eigenvalue weighted by Crippen LogP contribution is -2.52. The fraction of sp³-hybridized carbons (Fsp3) is 0.385. The van der Waals surface area contributed by atoms with E-state index in [2.05, 4.69) is 10.3 Å². The van der Waals surface area contributed by atoms with Crippen LogP contribution in [-0.4, -0.2) is 71.6 Å². The minimum absolute atomic E-state index is 0.0110. The fourth-order valence-corrected chi connectivity index (χ4v) is 7.11. The van der Waals surface area contributed by atoms with Gasteiger partial charge in [0.05, 0.1) is 16.6 Å². The van der Waals surface area contributed by atoms with Gasteiger partial charge in [-0.05, 0) is 36.6 Å². The van der Waals surface area contributed by atoms with Gasteiger partial charge in [-0.15, -0.1) is 11.8 Å². The van der Waals surface area contributed by atoms with Crippen LogP contribution in [0.15, 0.2) is 64.5 Å². The zero-order valence-electron chi connectivity index (χ0n) is 21.1. The molecule has 1 unspecified atom stereocenters. The van der Waals surface area contributed by atoms with Crippen molar-refractivity contribution >= 4 is 45.3 Å². The first kappa shape index (κ1) is 29.3. The molecule has 1 fully saturated rings. The van der Waals surface area contributed by atoms with E-state index in [1.54, 1.807) is 49.4 Å². The third-order valence-electron chi connectivity index (χ3n) is 5.95. The maximum atomic E-state index is 13.1. The number of Topliss-reactive ketones (excluding diaryl/α,β-unsaturated/α-hetero) is 1. The molecule has 38 heavy (non-hydrogen) atoms. The van der Waals surface area contributed by atoms with Crippen molar-refractivity contribution in [3.05, 3.63) is 65.7 Å². The summed E-state index contributed by atoms with van der Waals surface area (Å²) in [6, 6.07) is 12.5. The number of aliphatic imine (C=N–C) groups is 1. The van der Waals surface area contributed by atoms with E-state index >= 15 is 0 Å². The molecule has 0 bridgehead atoms. The Balaban J connectivity index is 1.59. The number of carboxylic acids is 1. The van der Waals surface area contributed by atoms with Crippen LogP contribution in [0.1, 0.15) is 30.9 Å². The van der Waals surface area contributed by atoms with Crippen molar-refractivity contribution in [2.24, 2.45) is 10.7 Å². The Hall–Kier alpha value is -3.22. The molecule has 0 saturated carbocycles. The number of nitrogens with zero attached hydrogens (tertiary/aromatic N) is 2. The van der Waals surface area contributed by atoms with Crippen LogP contribution in [0, 0.1) is 0 Å². The quantitative estimate of drug-likeness (QED) is 0.190. The molecule has 1 aliphatic heterocycles. The highest BCUT2D eigenvalue weighted by atomic mass is 32.2. The number of aliphatic carboxylic acids is 1. The van der Waals surface area contributed by atoms with Gasteiger partial charge in [-0.1, -0.05) is 42.5 Å². The molecule has 0 radical (unpaired) electrons. The van der Waals surface area contributed by atoms with Crippen molar-refractivity contribution in [2.75, 3.05) is 18.2 Å². The van der Waals surface area contributed by atoms with E-state index in [9.17, 15) is 27.9 Å². The average molecular weight is 561 g/mol. The normalized spacial score (nSPS) is 17.2. The molecule has 1 heterocycles. The minimum Gasteiger partial charge on any atom is -0.480 e.